The van der Waals surface area contributed by atoms with E-state index in [1.54, 1.807) is 0 Å². The van der Waals surface area contributed by atoms with E-state index >= 15 is 0 Å². The number of ether oxygens (including phenoxy) is 2. The molecule has 3 heterocycles. The largest absolute Gasteiger partial charge is 0.467 e. The number of rotatable bonds is 3. The van der Waals surface area contributed by atoms with Crippen LogP contribution in [0.25, 0.3) is 11.2 Å². The van der Waals surface area contributed by atoms with E-state index in [2.05, 4.69) is 15.0 Å². The van der Waals surface area contributed by atoms with Crippen LogP contribution in [0.2, 0.25) is 0 Å². The van der Waals surface area contributed by atoms with Gasteiger partial charge in [0, 0.05) is 0 Å². The molecule has 0 saturated carbocycles. The third-order valence-corrected chi connectivity index (χ3v) is 3.80. The van der Waals surface area contributed by atoms with Crippen molar-refractivity contribution in [2.24, 2.45) is 0 Å². The number of aromatic nitrogens is 4. The molecule has 2 aromatic heterocycles. The lowest BCUT2D eigenvalue weighted by Gasteiger charge is -2.27. The number of methoxy groups -OCH3 is 1. The molecule has 0 amide bonds. The van der Waals surface area contributed by atoms with Crippen molar-refractivity contribution in [2.45, 2.75) is 31.0 Å². The van der Waals surface area contributed by atoms with Crippen molar-refractivity contribution < 1.29 is 24.8 Å². The van der Waals surface area contributed by atoms with Crippen molar-refractivity contribution in [1.82, 2.24) is 19.5 Å². The van der Waals surface area contributed by atoms with Gasteiger partial charge in [0.1, 0.15) is 17.8 Å². The zero-order chi connectivity index (χ0) is 16.1. The smallest absolute Gasteiger partial charge is 0.320 e. The Morgan fingerprint density at radius 2 is 2.23 bits per heavy atom. The van der Waals surface area contributed by atoms with E-state index in [0.29, 0.717) is 11.2 Å². The van der Waals surface area contributed by atoms with Crippen LogP contribution in [0, 0.1) is 0 Å². The highest BCUT2D eigenvalue weighted by Crippen LogP contribution is 2.39. The van der Waals surface area contributed by atoms with Gasteiger partial charge in [-0.3, -0.25) is 4.57 Å². The third kappa shape index (κ3) is 2.00. The van der Waals surface area contributed by atoms with Gasteiger partial charge in [-0.15, -0.1) is 0 Å². The van der Waals surface area contributed by atoms with Gasteiger partial charge in [-0.05, 0) is 6.92 Å². The Morgan fingerprint density at radius 1 is 1.50 bits per heavy atom. The lowest BCUT2D eigenvalue weighted by Crippen LogP contribution is -2.44. The number of aliphatic hydroxyl groups excluding tert-OH is 2. The average Bonchev–Trinajstić information content (AvgIpc) is 3.00. The van der Waals surface area contributed by atoms with Gasteiger partial charge in [-0.1, -0.05) is 0 Å². The fraction of sp³-hybridized carbons (Fsp3) is 0.583. The van der Waals surface area contributed by atoms with Gasteiger partial charge in [0.25, 0.3) is 0 Å². The van der Waals surface area contributed by atoms with E-state index in [-0.39, 0.29) is 11.8 Å². The topological polar surface area (TPSA) is 149 Å². The molecule has 1 aliphatic heterocycles. The quantitative estimate of drug-likeness (QED) is 0.526. The number of hydrogen-bond donors (Lipinski definition) is 4. The van der Waals surface area contributed by atoms with Crippen LogP contribution >= 0.6 is 0 Å². The Balaban J connectivity index is 2.12. The first-order valence-electron chi connectivity index (χ1n) is 6.61. The molecule has 10 nitrogen and oxygen atoms in total. The standard InChI is InChI=1S/C12H17N5O5/c1-12(20)7(19)5(3-18)22-10(12)17-4-14-6-8(13)15-11(21-2)16-9(6)17/h4-5,7,10,18-20H,3H2,1-2H3,(H2,13,15,16). The molecule has 0 spiro atoms. The lowest BCUT2D eigenvalue weighted by molar-refractivity contribution is -0.0950. The summed E-state index contributed by atoms with van der Waals surface area (Å²) in [6.07, 6.45) is -1.80. The van der Waals surface area contributed by atoms with Gasteiger partial charge in [0.15, 0.2) is 23.2 Å². The minimum atomic E-state index is -1.64. The molecule has 10 heteroatoms. The molecular formula is C12H17N5O5. The van der Waals surface area contributed by atoms with Crippen LogP contribution in [0.1, 0.15) is 13.2 Å². The second-order valence-corrected chi connectivity index (χ2v) is 5.30. The maximum atomic E-state index is 10.5. The van der Waals surface area contributed by atoms with Gasteiger partial charge in [-0.2, -0.15) is 9.97 Å². The molecule has 2 aromatic rings. The van der Waals surface area contributed by atoms with Gasteiger partial charge >= 0.3 is 6.01 Å². The molecule has 0 aliphatic carbocycles. The Morgan fingerprint density at radius 3 is 2.82 bits per heavy atom. The van der Waals surface area contributed by atoms with Gasteiger partial charge in [0.05, 0.1) is 20.0 Å². The van der Waals surface area contributed by atoms with Crippen molar-refractivity contribution in [3.8, 4) is 6.01 Å². The molecule has 3 rings (SSSR count). The summed E-state index contributed by atoms with van der Waals surface area (Å²) in [6, 6.07) is 0.0450. The second kappa shape index (κ2) is 5.02. The van der Waals surface area contributed by atoms with Crippen molar-refractivity contribution >= 4 is 17.0 Å². The lowest BCUT2D eigenvalue weighted by atomic mass is 9.96. The monoisotopic (exact) mass is 311 g/mol. The van der Waals surface area contributed by atoms with Crippen molar-refractivity contribution in [1.29, 1.82) is 0 Å². The molecule has 0 radical (unpaired) electrons. The summed E-state index contributed by atoms with van der Waals surface area (Å²) in [5.74, 6) is 0.123. The highest BCUT2D eigenvalue weighted by Gasteiger charge is 2.53. The fourth-order valence-corrected chi connectivity index (χ4v) is 2.57. The first kappa shape index (κ1) is 14.9. The summed E-state index contributed by atoms with van der Waals surface area (Å²) in [6.45, 7) is 0.979. The van der Waals surface area contributed by atoms with Crippen molar-refractivity contribution in [3.63, 3.8) is 0 Å². The van der Waals surface area contributed by atoms with E-state index in [9.17, 15) is 15.3 Å². The number of anilines is 1. The molecule has 0 aromatic carbocycles. The maximum absolute atomic E-state index is 10.5. The van der Waals surface area contributed by atoms with E-state index in [1.165, 1.54) is 24.9 Å². The summed E-state index contributed by atoms with van der Waals surface area (Å²) >= 11 is 0. The summed E-state index contributed by atoms with van der Waals surface area (Å²) in [7, 11) is 1.40. The van der Waals surface area contributed by atoms with E-state index in [4.69, 9.17) is 15.2 Å². The Kier molecular flexibility index (Phi) is 3.40. The fourth-order valence-electron chi connectivity index (χ4n) is 2.57. The molecule has 4 unspecified atom stereocenters. The summed E-state index contributed by atoms with van der Waals surface area (Å²) in [5.41, 5.74) is 4.76. The zero-order valence-electron chi connectivity index (χ0n) is 12.0. The number of imidazole rings is 1. The second-order valence-electron chi connectivity index (χ2n) is 5.30. The molecule has 1 fully saturated rings. The van der Waals surface area contributed by atoms with Gasteiger partial charge in [-0.25, -0.2) is 4.98 Å². The Hall–Kier alpha value is -2.01. The highest BCUT2D eigenvalue weighted by molar-refractivity contribution is 5.82. The van der Waals surface area contributed by atoms with Gasteiger partial charge in [0.2, 0.25) is 0 Å². The minimum Gasteiger partial charge on any atom is -0.467 e. The van der Waals surface area contributed by atoms with Crippen molar-refractivity contribution in [2.75, 3.05) is 19.5 Å². The average molecular weight is 311 g/mol. The minimum absolute atomic E-state index is 0.0450. The van der Waals surface area contributed by atoms with E-state index in [0.717, 1.165) is 0 Å². The maximum Gasteiger partial charge on any atom is 0.320 e. The summed E-state index contributed by atoms with van der Waals surface area (Å²) < 4.78 is 11.9. The van der Waals surface area contributed by atoms with Crippen LogP contribution in [-0.2, 0) is 4.74 Å². The van der Waals surface area contributed by atoms with Crippen LogP contribution in [0.5, 0.6) is 6.01 Å². The normalized spacial score (nSPS) is 31.8. The first-order valence-corrected chi connectivity index (χ1v) is 6.61. The van der Waals surface area contributed by atoms with E-state index in [1.807, 2.05) is 0 Å². The predicted molar refractivity (Wildman–Crippen MR) is 73.9 cm³/mol. The Bertz CT molecular complexity index is 703. The predicted octanol–water partition coefficient (Wildman–Crippen LogP) is -1.58. The number of nitrogens with two attached hydrogens (primary N) is 1. The highest BCUT2D eigenvalue weighted by atomic mass is 16.6. The molecular weight excluding hydrogens is 294 g/mol. The number of fused-ring (bicyclic) bond motifs is 1. The van der Waals surface area contributed by atoms with Crippen LogP contribution in [0.3, 0.4) is 0 Å². The number of nitrogens with zero attached hydrogens (tertiary/aromatic N) is 4. The number of aliphatic hydroxyl groups is 3. The number of hydrogen-bond acceptors (Lipinski definition) is 9. The third-order valence-electron chi connectivity index (χ3n) is 3.80. The molecule has 0 bridgehead atoms. The molecule has 1 saturated heterocycles. The zero-order valence-corrected chi connectivity index (χ0v) is 12.0. The SMILES string of the molecule is COc1nc(N)c2ncn(C3OC(CO)C(O)C3(C)O)c2n1. The molecule has 4 atom stereocenters. The Labute approximate surface area is 125 Å². The van der Waals surface area contributed by atoms with Crippen LogP contribution in [0.4, 0.5) is 5.82 Å². The van der Waals surface area contributed by atoms with Gasteiger partial charge < -0.3 is 30.5 Å². The summed E-state index contributed by atoms with van der Waals surface area (Å²) in [4.78, 5) is 12.2. The number of nitrogen functional groups attached to an aromatic ring is 1. The molecule has 1 aliphatic rings. The van der Waals surface area contributed by atoms with Crippen molar-refractivity contribution in [3.05, 3.63) is 6.33 Å². The first-order chi connectivity index (χ1) is 10.4. The molecule has 22 heavy (non-hydrogen) atoms. The molecule has 120 valence electrons. The summed E-state index contributed by atoms with van der Waals surface area (Å²) in [5, 5.41) is 29.8. The van der Waals surface area contributed by atoms with E-state index < -0.39 is 30.6 Å². The molecule has 5 N–H and O–H groups in total. The van der Waals surface area contributed by atoms with Crippen LogP contribution in [-0.4, -0.2) is 66.4 Å². The van der Waals surface area contributed by atoms with Crippen LogP contribution < -0.4 is 10.5 Å². The van der Waals surface area contributed by atoms with Crippen LogP contribution in [0.15, 0.2) is 6.33 Å².